The van der Waals surface area contributed by atoms with E-state index in [1.807, 2.05) is 24.3 Å². The third kappa shape index (κ3) is 7.29. The van der Waals surface area contributed by atoms with Gasteiger partial charge < -0.3 is 24.8 Å². The van der Waals surface area contributed by atoms with Gasteiger partial charge in [0.15, 0.2) is 18.1 Å². The Bertz CT molecular complexity index is 1540. The molecule has 4 amide bonds. The van der Waals surface area contributed by atoms with Gasteiger partial charge in [0.25, 0.3) is 17.1 Å². The number of nitrogens with zero attached hydrogens (tertiary/aromatic N) is 1. The Hall–Kier alpha value is -4.77. The quantitative estimate of drug-likeness (QED) is 0.280. The summed E-state index contributed by atoms with van der Waals surface area (Å²) in [7, 11) is 2.93. The Morgan fingerprint density at radius 3 is 2.24 bits per heavy atom. The second kappa shape index (κ2) is 13.7. The molecule has 0 unspecified atom stereocenters. The van der Waals surface area contributed by atoms with Crippen LogP contribution in [0, 0.1) is 0 Å². The van der Waals surface area contributed by atoms with Crippen LogP contribution in [0.1, 0.15) is 30.9 Å². The van der Waals surface area contributed by atoms with E-state index in [9.17, 15) is 19.2 Å². The third-order valence-corrected chi connectivity index (χ3v) is 7.16. The predicted octanol–water partition coefficient (Wildman–Crippen LogP) is 5.52. The van der Waals surface area contributed by atoms with Crippen LogP contribution in [-0.4, -0.2) is 55.2 Å². The maximum absolute atomic E-state index is 13.0. The normalized spacial score (nSPS) is 13.8. The fourth-order valence-corrected chi connectivity index (χ4v) is 5.04. The van der Waals surface area contributed by atoms with Gasteiger partial charge in [-0.2, -0.15) is 0 Å². The minimum Gasteiger partial charge on any atom is -0.495 e. The maximum atomic E-state index is 13.0. The van der Waals surface area contributed by atoms with Crippen LogP contribution >= 0.6 is 11.8 Å². The van der Waals surface area contributed by atoms with Gasteiger partial charge in [-0.3, -0.25) is 24.1 Å². The molecular formula is C31H31N3O7S. The van der Waals surface area contributed by atoms with Gasteiger partial charge in [-0.25, -0.2) is 0 Å². The van der Waals surface area contributed by atoms with Crippen LogP contribution in [0.15, 0.2) is 71.6 Å². The number of ether oxygens (including phenoxy) is 3. The molecule has 1 heterocycles. The van der Waals surface area contributed by atoms with Crippen LogP contribution in [0.4, 0.5) is 16.2 Å². The van der Waals surface area contributed by atoms with E-state index in [4.69, 9.17) is 14.2 Å². The number of hydrogen-bond acceptors (Lipinski definition) is 8. The number of amides is 4. The van der Waals surface area contributed by atoms with Crippen molar-refractivity contribution >= 4 is 52.2 Å². The first-order chi connectivity index (χ1) is 20.2. The first-order valence-electron chi connectivity index (χ1n) is 13.1. The van der Waals surface area contributed by atoms with E-state index in [1.165, 1.54) is 20.3 Å². The molecule has 1 aliphatic heterocycles. The van der Waals surface area contributed by atoms with Crippen molar-refractivity contribution in [1.29, 1.82) is 0 Å². The average molecular weight is 590 g/mol. The van der Waals surface area contributed by atoms with Gasteiger partial charge in [-0.1, -0.05) is 50.2 Å². The van der Waals surface area contributed by atoms with Crippen molar-refractivity contribution < 1.29 is 33.4 Å². The lowest BCUT2D eigenvalue weighted by Gasteiger charge is -2.15. The van der Waals surface area contributed by atoms with Gasteiger partial charge in [0.1, 0.15) is 12.3 Å². The number of anilines is 2. The van der Waals surface area contributed by atoms with Crippen molar-refractivity contribution in [3.63, 3.8) is 0 Å². The molecule has 0 saturated carbocycles. The molecular weight excluding hydrogens is 558 g/mol. The van der Waals surface area contributed by atoms with E-state index in [2.05, 4.69) is 24.5 Å². The zero-order valence-electron chi connectivity index (χ0n) is 23.6. The molecule has 0 bridgehead atoms. The number of benzene rings is 3. The molecule has 0 spiro atoms. The lowest BCUT2D eigenvalue weighted by Crippen LogP contribution is -2.36. The minimum absolute atomic E-state index is 0.156. The van der Waals surface area contributed by atoms with Gasteiger partial charge in [0, 0.05) is 5.69 Å². The monoisotopic (exact) mass is 589 g/mol. The average Bonchev–Trinajstić information content (AvgIpc) is 3.23. The van der Waals surface area contributed by atoms with Gasteiger partial charge in [0.2, 0.25) is 5.91 Å². The van der Waals surface area contributed by atoms with Crippen LogP contribution in [0.5, 0.6) is 17.2 Å². The summed E-state index contributed by atoms with van der Waals surface area (Å²) in [5.41, 5.74) is 2.75. The van der Waals surface area contributed by atoms with Crippen LogP contribution in [0.3, 0.4) is 0 Å². The Kier molecular flexibility index (Phi) is 9.87. The zero-order chi connectivity index (χ0) is 30.2. The van der Waals surface area contributed by atoms with Crippen LogP contribution < -0.4 is 24.8 Å². The number of nitrogens with one attached hydrogen (secondary N) is 2. The van der Waals surface area contributed by atoms with Crippen LogP contribution in [-0.2, 0) is 14.4 Å². The zero-order valence-corrected chi connectivity index (χ0v) is 24.4. The standard InChI is InChI=1S/C31H31N3O7S/c1-19(2)21-9-5-6-10-22(21)32-29(36)18-41-25-14-13-20(15-26(25)40-4)16-27-30(37)34(31(38)42-27)17-28(35)33-23-11-7-8-12-24(23)39-3/h5-16,19H,17-18H2,1-4H3,(H,32,36)(H,33,35)/b27-16-. The number of methoxy groups -OCH3 is 2. The largest absolute Gasteiger partial charge is 0.495 e. The van der Waals surface area contributed by atoms with E-state index in [0.717, 1.165) is 27.9 Å². The molecule has 2 N–H and O–H groups in total. The van der Waals surface area contributed by atoms with Crippen molar-refractivity contribution in [3.8, 4) is 17.2 Å². The second-order valence-corrected chi connectivity index (χ2v) is 10.5. The summed E-state index contributed by atoms with van der Waals surface area (Å²) < 4.78 is 16.4. The molecule has 10 nitrogen and oxygen atoms in total. The molecule has 0 radical (unpaired) electrons. The van der Waals surface area contributed by atoms with Gasteiger partial charge in [0.05, 0.1) is 24.8 Å². The Morgan fingerprint density at radius 2 is 1.52 bits per heavy atom. The van der Waals surface area contributed by atoms with Crippen molar-refractivity contribution in [2.24, 2.45) is 0 Å². The van der Waals surface area contributed by atoms with E-state index in [1.54, 1.807) is 42.5 Å². The molecule has 3 aromatic carbocycles. The van der Waals surface area contributed by atoms with Gasteiger partial charge >= 0.3 is 0 Å². The van der Waals surface area contributed by atoms with Gasteiger partial charge in [-0.15, -0.1) is 0 Å². The van der Waals surface area contributed by atoms with E-state index in [-0.39, 0.29) is 23.3 Å². The molecule has 1 saturated heterocycles. The highest BCUT2D eigenvalue weighted by Crippen LogP contribution is 2.35. The van der Waals surface area contributed by atoms with E-state index >= 15 is 0 Å². The van der Waals surface area contributed by atoms with Crippen LogP contribution in [0.25, 0.3) is 6.08 Å². The molecule has 0 aliphatic carbocycles. The molecule has 1 aliphatic rings. The maximum Gasteiger partial charge on any atom is 0.294 e. The molecule has 3 aromatic rings. The third-order valence-electron chi connectivity index (χ3n) is 6.26. The molecule has 11 heteroatoms. The topological polar surface area (TPSA) is 123 Å². The summed E-state index contributed by atoms with van der Waals surface area (Å²) in [6.07, 6.45) is 1.53. The van der Waals surface area contributed by atoms with E-state index < -0.39 is 23.6 Å². The highest BCUT2D eigenvalue weighted by molar-refractivity contribution is 8.18. The van der Waals surface area contributed by atoms with Gasteiger partial charge in [-0.05, 0) is 65.2 Å². The number of carbonyl (C=O) groups is 4. The lowest BCUT2D eigenvalue weighted by atomic mass is 10.0. The number of rotatable bonds is 11. The van der Waals surface area contributed by atoms with Crippen molar-refractivity contribution in [2.45, 2.75) is 19.8 Å². The van der Waals surface area contributed by atoms with E-state index in [0.29, 0.717) is 28.5 Å². The highest BCUT2D eigenvalue weighted by atomic mass is 32.2. The summed E-state index contributed by atoms with van der Waals surface area (Å²) in [6.45, 7) is 3.42. The number of hydrogen-bond donors (Lipinski definition) is 2. The number of para-hydroxylation sites is 3. The fourth-order valence-electron chi connectivity index (χ4n) is 4.21. The molecule has 218 valence electrons. The smallest absolute Gasteiger partial charge is 0.294 e. The first-order valence-corrected chi connectivity index (χ1v) is 13.9. The molecule has 4 rings (SSSR count). The molecule has 0 atom stereocenters. The Morgan fingerprint density at radius 1 is 0.857 bits per heavy atom. The SMILES string of the molecule is COc1ccccc1NC(=O)CN1C(=O)S/C(=C\c2ccc(OCC(=O)Nc3ccccc3C(C)C)c(OC)c2)C1=O. The molecule has 42 heavy (non-hydrogen) atoms. The Labute approximate surface area is 248 Å². The molecule has 0 aromatic heterocycles. The summed E-state index contributed by atoms with van der Waals surface area (Å²) in [5.74, 6) is -0.0682. The first kappa shape index (κ1) is 30.2. The Balaban J connectivity index is 1.39. The summed E-state index contributed by atoms with van der Waals surface area (Å²) in [5, 5.41) is 4.98. The lowest BCUT2D eigenvalue weighted by molar-refractivity contribution is -0.127. The summed E-state index contributed by atoms with van der Waals surface area (Å²) in [4.78, 5) is 51.7. The number of thioether (sulfide) groups is 1. The van der Waals surface area contributed by atoms with Crippen LogP contribution in [0.2, 0.25) is 0 Å². The van der Waals surface area contributed by atoms with Crippen molar-refractivity contribution in [1.82, 2.24) is 4.90 Å². The highest BCUT2D eigenvalue weighted by Gasteiger charge is 2.36. The van der Waals surface area contributed by atoms with Crippen molar-refractivity contribution in [3.05, 3.63) is 82.8 Å². The molecule has 1 fully saturated rings. The second-order valence-electron chi connectivity index (χ2n) is 9.51. The summed E-state index contributed by atoms with van der Waals surface area (Å²) >= 11 is 0.737. The minimum atomic E-state index is -0.585. The fraction of sp³-hybridized carbons (Fsp3) is 0.226. The number of imide groups is 1. The number of carbonyl (C=O) groups excluding carboxylic acids is 4. The van der Waals surface area contributed by atoms with Crippen molar-refractivity contribution in [2.75, 3.05) is 38.0 Å². The summed E-state index contributed by atoms with van der Waals surface area (Å²) in [6, 6.07) is 19.3. The predicted molar refractivity (Wildman–Crippen MR) is 162 cm³/mol.